The molecule has 2 nitrogen and oxygen atoms in total. The summed E-state index contributed by atoms with van der Waals surface area (Å²) in [6, 6.07) is 4.81. The number of methoxy groups -OCH3 is 1. The molecule has 86 valence electrons. The Labute approximate surface area is 94.4 Å². The van der Waals surface area contributed by atoms with Gasteiger partial charge in [-0.15, -0.1) is 0 Å². The summed E-state index contributed by atoms with van der Waals surface area (Å²) >= 11 is 0. The minimum atomic E-state index is -0.440. The third-order valence-electron chi connectivity index (χ3n) is 2.86. The van der Waals surface area contributed by atoms with Gasteiger partial charge in [-0.2, -0.15) is 0 Å². The zero-order valence-corrected chi connectivity index (χ0v) is 9.24. The molecule has 0 radical (unpaired) electrons. The maximum atomic E-state index is 13.7. The highest BCUT2D eigenvalue weighted by Crippen LogP contribution is 2.30. The third-order valence-corrected chi connectivity index (χ3v) is 2.86. The molecule has 2 rings (SSSR count). The molecular weight excluding hydrogens is 207 g/mol. The van der Waals surface area contributed by atoms with Gasteiger partial charge in [-0.25, -0.2) is 4.39 Å². The molecule has 0 fully saturated rings. The van der Waals surface area contributed by atoms with Crippen molar-refractivity contribution < 1.29 is 14.2 Å². The SMILES string of the molecule is COc1ccc(C2=CC(O)CCC2)c(F)c1. The van der Waals surface area contributed by atoms with Crippen LogP contribution in [0.15, 0.2) is 24.3 Å². The number of rotatable bonds is 2. The van der Waals surface area contributed by atoms with Crippen molar-refractivity contribution in [2.24, 2.45) is 0 Å². The Morgan fingerprint density at radius 2 is 2.25 bits per heavy atom. The van der Waals surface area contributed by atoms with Gasteiger partial charge in [-0.1, -0.05) is 6.08 Å². The third kappa shape index (κ3) is 2.25. The lowest BCUT2D eigenvalue weighted by molar-refractivity contribution is 0.206. The van der Waals surface area contributed by atoms with Crippen molar-refractivity contribution in [1.29, 1.82) is 0 Å². The molecule has 0 bridgehead atoms. The number of allylic oxidation sites excluding steroid dienone is 1. The van der Waals surface area contributed by atoms with Gasteiger partial charge in [0, 0.05) is 11.6 Å². The highest BCUT2D eigenvalue weighted by Gasteiger charge is 2.15. The van der Waals surface area contributed by atoms with Gasteiger partial charge < -0.3 is 9.84 Å². The number of aliphatic hydroxyl groups is 1. The quantitative estimate of drug-likeness (QED) is 0.833. The summed E-state index contributed by atoms with van der Waals surface area (Å²) in [5.41, 5.74) is 1.46. The molecule has 16 heavy (non-hydrogen) atoms. The fourth-order valence-electron chi connectivity index (χ4n) is 2.01. The number of halogens is 1. The summed E-state index contributed by atoms with van der Waals surface area (Å²) in [7, 11) is 1.51. The number of hydrogen-bond donors (Lipinski definition) is 1. The van der Waals surface area contributed by atoms with Crippen LogP contribution in [0.25, 0.3) is 5.57 Å². The van der Waals surface area contributed by atoms with Crippen LogP contribution in [0.3, 0.4) is 0 Å². The second-order valence-electron chi connectivity index (χ2n) is 4.00. The summed E-state index contributed by atoms with van der Waals surface area (Å²) in [4.78, 5) is 0. The molecule has 0 heterocycles. The van der Waals surface area contributed by atoms with E-state index in [4.69, 9.17) is 4.74 Å². The van der Waals surface area contributed by atoms with Crippen molar-refractivity contribution in [3.05, 3.63) is 35.7 Å². The van der Waals surface area contributed by atoms with Gasteiger partial charge in [0.05, 0.1) is 13.2 Å². The number of ether oxygens (including phenoxy) is 1. The summed E-state index contributed by atoms with van der Waals surface area (Å²) in [5, 5.41) is 9.51. The van der Waals surface area contributed by atoms with Gasteiger partial charge >= 0.3 is 0 Å². The summed E-state index contributed by atoms with van der Waals surface area (Å²) in [6.45, 7) is 0. The molecule has 0 spiro atoms. The van der Waals surface area contributed by atoms with Gasteiger partial charge in [0.2, 0.25) is 0 Å². The summed E-state index contributed by atoms with van der Waals surface area (Å²) in [6.07, 6.45) is 3.79. The molecule has 1 aliphatic carbocycles. The molecule has 0 amide bonds. The van der Waals surface area contributed by atoms with E-state index in [2.05, 4.69) is 0 Å². The number of hydrogen-bond acceptors (Lipinski definition) is 2. The zero-order chi connectivity index (χ0) is 11.5. The number of aliphatic hydroxyl groups excluding tert-OH is 1. The average molecular weight is 222 g/mol. The first-order chi connectivity index (χ1) is 7.70. The topological polar surface area (TPSA) is 29.5 Å². The predicted molar refractivity (Wildman–Crippen MR) is 60.8 cm³/mol. The Morgan fingerprint density at radius 3 is 2.88 bits per heavy atom. The van der Waals surface area contributed by atoms with E-state index in [1.54, 1.807) is 18.2 Å². The Morgan fingerprint density at radius 1 is 1.44 bits per heavy atom. The lowest BCUT2D eigenvalue weighted by Gasteiger charge is -2.17. The number of benzene rings is 1. The maximum Gasteiger partial charge on any atom is 0.134 e. The van der Waals surface area contributed by atoms with Crippen LogP contribution in [-0.4, -0.2) is 18.3 Å². The van der Waals surface area contributed by atoms with E-state index < -0.39 is 6.10 Å². The van der Waals surface area contributed by atoms with E-state index in [1.165, 1.54) is 13.2 Å². The van der Waals surface area contributed by atoms with E-state index in [1.807, 2.05) is 0 Å². The first-order valence-electron chi connectivity index (χ1n) is 5.43. The smallest absolute Gasteiger partial charge is 0.134 e. The fraction of sp³-hybridized carbons (Fsp3) is 0.385. The minimum absolute atomic E-state index is 0.292. The molecule has 1 atom stereocenters. The van der Waals surface area contributed by atoms with Gasteiger partial charge in [0.1, 0.15) is 11.6 Å². The van der Waals surface area contributed by atoms with Crippen molar-refractivity contribution in [2.45, 2.75) is 25.4 Å². The van der Waals surface area contributed by atoms with Gasteiger partial charge in [-0.05, 0) is 37.0 Å². The van der Waals surface area contributed by atoms with Crippen molar-refractivity contribution >= 4 is 5.57 Å². The van der Waals surface area contributed by atoms with Crippen LogP contribution >= 0.6 is 0 Å². The van der Waals surface area contributed by atoms with E-state index in [0.29, 0.717) is 11.3 Å². The van der Waals surface area contributed by atoms with E-state index in [-0.39, 0.29) is 5.82 Å². The first-order valence-corrected chi connectivity index (χ1v) is 5.43. The lowest BCUT2D eigenvalue weighted by atomic mass is 9.92. The van der Waals surface area contributed by atoms with E-state index in [9.17, 15) is 9.50 Å². The summed E-state index contributed by atoms with van der Waals surface area (Å²) < 4.78 is 18.7. The van der Waals surface area contributed by atoms with Crippen molar-refractivity contribution in [3.8, 4) is 5.75 Å². The Bertz CT molecular complexity index is 412. The van der Waals surface area contributed by atoms with Gasteiger partial charge in [0.15, 0.2) is 0 Å². The molecule has 1 aromatic rings. The van der Waals surface area contributed by atoms with Crippen LogP contribution in [0.5, 0.6) is 5.75 Å². The molecule has 3 heteroatoms. The fourth-order valence-corrected chi connectivity index (χ4v) is 2.01. The largest absolute Gasteiger partial charge is 0.497 e. The standard InChI is InChI=1S/C13H15FO2/c1-16-11-5-6-12(13(14)8-11)9-3-2-4-10(15)7-9/h5-8,10,15H,2-4H2,1H3. The highest BCUT2D eigenvalue weighted by atomic mass is 19.1. The Balaban J connectivity index is 2.33. The minimum Gasteiger partial charge on any atom is -0.497 e. The molecule has 1 aromatic carbocycles. The predicted octanol–water partition coefficient (Wildman–Crippen LogP) is 2.76. The first kappa shape index (κ1) is 11.1. The highest BCUT2D eigenvalue weighted by molar-refractivity contribution is 5.67. The molecule has 0 aliphatic heterocycles. The normalized spacial score (nSPS) is 20.4. The molecule has 1 N–H and O–H groups in total. The van der Waals surface area contributed by atoms with Crippen molar-refractivity contribution in [2.75, 3.05) is 7.11 Å². The second kappa shape index (κ2) is 4.66. The zero-order valence-electron chi connectivity index (χ0n) is 9.24. The molecule has 1 unspecified atom stereocenters. The monoisotopic (exact) mass is 222 g/mol. The van der Waals surface area contributed by atoms with Crippen molar-refractivity contribution in [3.63, 3.8) is 0 Å². The van der Waals surface area contributed by atoms with Crippen LogP contribution in [0.2, 0.25) is 0 Å². The van der Waals surface area contributed by atoms with Crippen LogP contribution in [0, 0.1) is 5.82 Å². The van der Waals surface area contributed by atoms with Gasteiger partial charge in [-0.3, -0.25) is 0 Å². The van der Waals surface area contributed by atoms with Crippen LogP contribution < -0.4 is 4.74 Å². The van der Waals surface area contributed by atoms with Crippen LogP contribution in [0.1, 0.15) is 24.8 Å². The van der Waals surface area contributed by atoms with Crippen LogP contribution in [0.4, 0.5) is 4.39 Å². The lowest BCUT2D eigenvalue weighted by Crippen LogP contribution is -2.09. The molecular formula is C13H15FO2. The molecule has 0 aromatic heterocycles. The maximum absolute atomic E-state index is 13.7. The summed E-state index contributed by atoms with van der Waals surface area (Å²) in [5.74, 6) is 0.220. The Kier molecular flexibility index (Phi) is 3.25. The molecule has 1 aliphatic rings. The van der Waals surface area contributed by atoms with Crippen molar-refractivity contribution in [1.82, 2.24) is 0 Å². The second-order valence-corrected chi connectivity index (χ2v) is 4.00. The average Bonchev–Trinajstić information content (AvgIpc) is 2.28. The molecule has 0 saturated carbocycles. The van der Waals surface area contributed by atoms with E-state index in [0.717, 1.165) is 24.8 Å². The Hall–Kier alpha value is -1.35. The molecule has 0 saturated heterocycles. The van der Waals surface area contributed by atoms with Crippen LogP contribution in [-0.2, 0) is 0 Å². The van der Waals surface area contributed by atoms with Gasteiger partial charge in [0.25, 0.3) is 0 Å². The van der Waals surface area contributed by atoms with E-state index >= 15 is 0 Å².